The van der Waals surface area contributed by atoms with Crippen molar-refractivity contribution in [3.05, 3.63) is 60.8 Å². The third-order valence-electron chi connectivity index (χ3n) is 6.15. The molecule has 36 heavy (non-hydrogen) atoms. The lowest BCUT2D eigenvalue weighted by molar-refractivity contribution is -0.200. The maximum Gasteiger partial charge on any atom is 0.228 e. The average Bonchev–Trinajstić information content (AvgIpc) is 3.65. The monoisotopic (exact) mass is 492 g/mol. The average molecular weight is 493 g/mol. The molecule has 0 bridgehead atoms. The number of nitrogens with one attached hydrogen (secondary N) is 3. The van der Waals surface area contributed by atoms with Crippen molar-refractivity contribution in [2.45, 2.75) is 25.6 Å². The Morgan fingerprint density at radius 3 is 2.67 bits per heavy atom. The number of nitrogens with zero attached hydrogens (tertiary/aromatic N) is 3. The number of benzene rings is 1. The van der Waals surface area contributed by atoms with Crippen LogP contribution in [0.5, 0.6) is 0 Å². The molecule has 5 rings (SSSR count). The number of ether oxygens (including phenoxy) is 2. The second-order valence-electron chi connectivity index (χ2n) is 9.03. The van der Waals surface area contributed by atoms with E-state index in [4.69, 9.17) is 14.5 Å². The zero-order chi connectivity index (χ0) is 24.9. The SMILES string of the molecule is C=CCNC(=O)C1COC(Cc2nc(-c3ccc(F)cc3)c(-c3ccnc(NCC4CC4)n3)[nH]2)OC1. The number of aromatic nitrogens is 4. The van der Waals surface area contributed by atoms with Gasteiger partial charge in [-0.2, -0.15) is 0 Å². The molecule has 0 spiro atoms. The Balaban J connectivity index is 1.34. The highest BCUT2D eigenvalue weighted by Crippen LogP contribution is 2.31. The van der Waals surface area contributed by atoms with Gasteiger partial charge in [-0.1, -0.05) is 6.08 Å². The zero-order valence-corrected chi connectivity index (χ0v) is 19.9. The van der Waals surface area contributed by atoms with Crippen LogP contribution in [0.4, 0.5) is 10.3 Å². The first-order valence-electron chi connectivity index (χ1n) is 12.1. The van der Waals surface area contributed by atoms with Crippen molar-refractivity contribution in [2.24, 2.45) is 11.8 Å². The molecule has 1 aliphatic carbocycles. The third kappa shape index (κ3) is 5.95. The molecule has 9 nitrogen and oxygen atoms in total. The van der Waals surface area contributed by atoms with Crippen molar-refractivity contribution in [1.29, 1.82) is 0 Å². The number of anilines is 1. The van der Waals surface area contributed by atoms with Gasteiger partial charge in [0.25, 0.3) is 0 Å². The van der Waals surface area contributed by atoms with Crippen molar-refractivity contribution in [3.8, 4) is 22.6 Å². The third-order valence-corrected chi connectivity index (χ3v) is 6.15. The minimum absolute atomic E-state index is 0.123. The van der Waals surface area contributed by atoms with Crippen LogP contribution in [-0.2, 0) is 20.7 Å². The Kier molecular flexibility index (Phi) is 7.33. The van der Waals surface area contributed by atoms with Gasteiger partial charge in [-0.3, -0.25) is 4.79 Å². The number of H-pyrrole nitrogens is 1. The highest BCUT2D eigenvalue weighted by atomic mass is 19.1. The molecule has 2 fully saturated rings. The van der Waals surface area contributed by atoms with Crippen LogP contribution in [0.1, 0.15) is 18.7 Å². The molecular weight excluding hydrogens is 463 g/mol. The number of rotatable bonds is 10. The Hall–Kier alpha value is -3.63. The molecular formula is C26H29FN6O3. The summed E-state index contributed by atoms with van der Waals surface area (Å²) in [5.41, 5.74) is 2.77. The fourth-order valence-corrected chi connectivity index (χ4v) is 3.95. The van der Waals surface area contributed by atoms with Crippen LogP contribution in [0, 0.1) is 17.7 Å². The largest absolute Gasteiger partial charge is 0.354 e. The summed E-state index contributed by atoms with van der Waals surface area (Å²) in [6, 6.07) is 7.99. The number of carbonyl (C=O) groups is 1. The molecule has 2 aromatic heterocycles. The first kappa shape index (κ1) is 24.1. The maximum atomic E-state index is 13.6. The Morgan fingerprint density at radius 2 is 1.94 bits per heavy atom. The zero-order valence-electron chi connectivity index (χ0n) is 19.9. The number of carbonyl (C=O) groups excluding carboxylic acids is 1. The molecule has 0 radical (unpaired) electrons. The lowest BCUT2D eigenvalue weighted by Gasteiger charge is -2.28. The summed E-state index contributed by atoms with van der Waals surface area (Å²) in [7, 11) is 0. The summed E-state index contributed by atoms with van der Waals surface area (Å²) in [5.74, 6) is 1.07. The first-order valence-corrected chi connectivity index (χ1v) is 12.1. The summed E-state index contributed by atoms with van der Waals surface area (Å²) >= 11 is 0. The molecule has 1 saturated carbocycles. The molecule has 10 heteroatoms. The molecule has 0 unspecified atom stereocenters. The van der Waals surface area contributed by atoms with Crippen molar-refractivity contribution < 1.29 is 18.7 Å². The number of hydrogen-bond acceptors (Lipinski definition) is 7. The van der Waals surface area contributed by atoms with Gasteiger partial charge in [-0.05, 0) is 49.1 Å². The van der Waals surface area contributed by atoms with Crippen LogP contribution in [0.2, 0.25) is 0 Å². The highest BCUT2D eigenvalue weighted by molar-refractivity contribution is 5.79. The molecule has 3 N–H and O–H groups in total. The van der Waals surface area contributed by atoms with Gasteiger partial charge in [0.05, 0.1) is 42.6 Å². The number of halogens is 1. The Labute approximate surface area is 208 Å². The molecule has 188 valence electrons. The summed E-state index contributed by atoms with van der Waals surface area (Å²) in [4.78, 5) is 29.3. The van der Waals surface area contributed by atoms with Gasteiger partial charge in [0.2, 0.25) is 11.9 Å². The molecule has 3 aromatic rings. The van der Waals surface area contributed by atoms with E-state index in [-0.39, 0.29) is 30.9 Å². The number of amides is 1. The van der Waals surface area contributed by atoms with Gasteiger partial charge in [-0.25, -0.2) is 19.3 Å². The quantitative estimate of drug-likeness (QED) is 0.372. The first-order chi connectivity index (χ1) is 17.6. The van der Waals surface area contributed by atoms with Gasteiger partial charge < -0.3 is 25.1 Å². The molecule has 1 aromatic carbocycles. The van der Waals surface area contributed by atoms with Crippen LogP contribution in [-0.4, -0.2) is 58.4 Å². The van der Waals surface area contributed by atoms with E-state index < -0.39 is 6.29 Å². The summed E-state index contributed by atoms with van der Waals surface area (Å²) in [6.07, 6.45) is 5.61. The summed E-state index contributed by atoms with van der Waals surface area (Å²) in [6.45, 7) is 5.37. The summed E-state index contributed by atoms with van der Waals surface area (Å²) in [5, 5.41) is 6.06. The van der Waals surface area contributed by atoms with Crippen LogP contribution in [0.25, 0.3) is 22.6 Å². The van der Waals surface area contributed by atoms with Crippen molar-refractivity contribution in [2.75, 3.05) is 31.6 Å². The fourth-order valence-electron chi connectivity index (χ4n) is 3.95. The molecule has 0 atom stereocenters. The van der Waals surface area contributed by atoms with Crippen LogP contribution in [0.15, 0.2) is 49.2 Å². The molecule has 2 aliphatic rings. The maximum absolute atomic E-state index is 13.6. The van der Waals surface area contributed by atoms with Gasteiger partial charge in [0.1, 0.15) is 11.6 Å². The van der Waals surface area contributed by atoms with E-state index in [2.05, 4.69) is 32.2 Å². The molecule has 1 amide bonds. The second-order valence-corrected chi connectivity index (χ2v) is 9.03. The van der Waals surface area contributed by atoms with Crippen LogP contribution < -0.4 is 10.6 Å². The standard InChI is InChI=1S/C26H29FN6O3/c1-2-10-28-25(34)18-14-35-22(36-15-18)12-21-32-23(17-5-7-19(27)8-6-17)24(33-21)20-9-11-29-26(31-20)30-13-16-3-4-16/h2,5-9,11,16,18,22H,1,3-4,10,12-15H2,(H,28,34)(H,32,33)(H,29,30,31). The highest BCUT2D eigenvalue weighted by Gasteiger charge is 2.29. The smallest absolute Gasteiger partial charge is 0.228 e. The van der Waals surface area contributed by atoms with Gasteiger partial charge in [0, 0.05) is 24.8 Å². The van der Waals surface area contributed by atoms with Crippen molar-refractivity contribution in [3.63, 3.8) is 0 Å². The van der Waals surface area contributed by atoms with E-state index >= 15 is 0 Å². The van der Waals surface area contributed by atoms with Crippen molar-refractivity contribution >= 4 is 11.9 Å². The number of imidazole rings is 1. The topological polar surface area (TPSA) is 114 Å². The predicted molar refractivity (Wildman–Crippen MR) is 132 cm³/mol. The van der Waals surface area contributed by atoms with Gasteiger partial charge in [-0.15, -0.1) is 6.58 Å². The van der Waals surface area contributed by atoms with Gasteiger partial charge >= 0.3 is 0 Å². The lowest BCUT2D eigenvalue weighted by atomic mass is 10.1. The number of hydrogen-bond donors (Lipinski definition) is 3. The fraction of sp³-hybridized carbons (Fsp3) is 0.385. The van der Waals surface area contributed by atoms with E-state index in [1.165, 1.54) is 25.0 Å². The van der Waals surface area contributed by atoms with E-state index in [9.17, 15) is 9.18 Å². The molecule has 1 saturated heterocycles. The van der Waals surface area contributed by atoms with Gasteiger partial charge in [0.15, 0.2) is 6.29 Å². The van der Waals surface area contributed by atoms with E-state index in [1.807, 2.05) is 6.07 Å². The second kappa shape index (κ2) is 11.0. The van der Waals surface area contributed by atoms with Crippen LogP contribution >= 0.6 is 0 Å². The Bertz CT molecular complexity index is 1200. The van der Waals surface area contributed by atoms with E-state index in [0.29, 0.717) is 47.7 Å². The minimum Gasteiger partial charge on any atom is -0.354 e. The number of aromatic amines is 1. The molecule has 3 heterocycles. The van der Waals surface area contributed by atoms with Crippen LogP contribution in [0.3, 0.4) is 0 Å². The van der Waals surface area contributed by atoms with Crippen molar-refractivity contribution in [1.82, 2.24) is 25.3 Å². The molecule has 1 aliphatic heterocycles. The summed E-state index contributed by atoms with van der Waals surface area (Å²) < 4.78 is 25.2. The minimum atomic E-state index is -0.547. The normalized spacial score (nSPS) is 19.6. The Morgan fingerprint density at radius 1 is 1.17 bits per heavy atom. The lowest BCUT2D eigenvalue weighted by Crippen LogP contribution is -2.42. The van der Waals surface area contributed by atoms with E-state index in [1.54, 1.807) is 24.4 Å². The van der Waals surface area contributed by atoms with E-state index in [0.717, 1.165) is 12.1 Å². The predicted octanol–water partition coefficient (Wildman–Crippen LogP) is 3.33.